The van der Waals surface area contributed by atoms with Gasteiger partial charge in [-0.05, 0) is 13.8 Å². The maximum Gasteiger partial charge on any atom is 0.187 e. The molecular formula is C10H17ClN2O2S. The van der Waals surface area contributed by atoms with E-state index in [0.29, 0.717) is 16.6 Å². The molecule has 0 spiro atoms. The fourth-order valence-corrected chi connectivity index (χ4v) is 2.47. The number of aliphatic hydroxyl groups is 1. The Morgan fingerprint density at radius 1 is 1.50 bits per heavy atom. The molecule has 4 nitrogen and oxygen atoms in total. The fourth-order valence-electron chi connectivity index (χ4n) is 1.26. The quantitative estimate of drug-likeness (QED) is 0.767. The highest BCUT2D eigenvalue weighted by atomic mass is 35.5. The van der Waals surface area contributed by atoms with Crippen LogP contribution in [-0.2, 0) is 11.3 Å². The second-order valence-electron chi connectivity index (χ2n) is 3.15. The molecule has 0 aliphatic heterocycles. The minimum Gasteiger partial charge on any atom is -0.391 e. The molecule has 1 heterocycles. The summed E-state index contributed by atoms with van der Waals surface area (Å²) >= 11 is 7.32. The minimum atomic E-state index is -0.0560. The standard InChI is InChI=1S/C10H17ClN2O2S/c1-3-13(5-6-15-4-2)10-12-9(11)8(7-14)16-10/h14H,3-7H2,1-2H3. The van der Waals surface area contributed by atoms with Crippen LogP contribution in [0.4, 0.5) is 5.13 Å². The van der Waals surface area contributed by atoms with Gasteiger partial charge in [0.25, 0.3) is 0 Å². The summed E-state index contributed by atoms with van der Waals surface area (Å²) in [5.74, 6) is 0. The molecule has 0 atom stereocenters. The van der Waals surface area contributed by atoms with Gasteiger partial charge >= 0.3 is 0 Å². The Hall–Kier alpha value is -0.360. The van der Waals surface area contributed by atoms with Gasteiger partial charge < -0.3 is 14.7 Å². The monoisotopic (exact) mass is 264 g/mol. The zero-order chi connectivity index (χ0) is 12.0. The maximum atomic E-state index is 9.04. The van der Waals surface area contributed by atoms with E-state index in [1.165, 1.54) is 11.3 Å². The zero-order valence-corrected chi connectivity index (χ0v) is 11.1. The van der Waals surface area contributed by atoms with Gasteiger partial charge in [0.1, 0.15) is 5.15 Å². The van der Waals surface area contributed by atoms with Gasteiger partial charge in [-0.3, -0.25) is 0 Å². The highest BCUT2D eigenvalue weighted by molar-refractivity contribution is 7.16. The molecule has 6 heteroatoms. The van der Waals surface area contributed by atoms with E-state index in [0.717, 1.165) is 24.8 Å². The predicted molar refractivity (Wildman–Crippen MR) is 67.4 cm³/mol. The largest absolute Gasteiger partial charge is 0.391 e. The van der Waals surface area contributed by atoms with Crippen molar-refractivity contribution in [3.05, 3.63) is 10.0 Å². The van der Waals surface area contributed by atoms with Gasteiger partial charge in [0.2, 0.25) is 0 Å². The minimum absolute atomic E-state index is 0.0560. The fraction of sp³-hybridized carbons (Fsp3) is 0.700. The van der Waals surface area contributed by atoms with Gasteiger partial charge in [-0.25, -0.2) is 4.98 Å². The van der Waals surface area contributed by atoms with E-state index in [4.69, 9.17) is 21.4 Å². The van der Waals surface area contributed by atoms with Crippen LogP contribution in [0.5, 0.6) is 0 Å². The summed E-state index contributed by atoms with van der Waals surface area (Å²) in [4.78, 5) is 7.03. The number of ether oxygens (including phenoxy) is 1. The Kier molecular flexibility index (Phi) is 6.05. The summed E-state index contributed by atoms with van der Waals surface area (Å²) in [5.41, 5.74) is 0. The third-order valence-corrected chi connectivity index (χ3v) is 3.67. The SMILES string of the molecule is CCOCCN(CC)c1nc(Cl)c(CO)s1. The van der Waals surface area contributed by atoms with Gasteiger partial charge in [-0.15, -0.1) is 0 Å². The van der Waals surface area contributed by atoms with E-state index in [-0.39, 0.29) is 6.61 Å². The second-order valence-corrected chi connectivity index (χ2v) is 4.57. The molecule has 0 radical (unpaired) electrons. The molecule has 0 saturated heterocycles. The van der Waals surface area contributed by atoms with Gasteiger partial charge in [-0.2, -0.15) is 0 Å². The number of halogens is 1. The van der Waals surface area contributed by atoms with Gasteiger partial charge in [0.15, 0.2) is 5.13 Å². The summed E-state index contributed by atoms with van der Waals surface area (Å²) in [7, 11) is 0. The maximum absolute atomic E-state index is 9.04. The Balaban J connectivity index is 2.63. The number of rotatable bonds is 7. The molecule has 1 aromatic rings. The average molecular weight is 265 g/mol. The number of likely N-dealkylation sites (N-methyl/N-ethyl adjacent to an activating group) is 1. The normalized spacial score (nSPS) is 10.8. The topological polar surface area (TPSA) is 45.6 Å². The van der Waals surface area contributed by atoms with E-state index in [1.807, 2.05) is 6.92 Å². The predicted octanol–water partition coefficient (Wildman–Crippen LogP) is 2.15. The average Bonchev–Trinajstić information content (AvgIpc) is 2.66. The van der Waals surface area contributed by atoms with Crippen molar-refractivity contribution in [2.75, 3.05) is 31.2 Å². The van der Waals surface area contributed by atoms with E-state index >= 15 is 0 Å². The van der Waals surface area contributed by atoms with E-state index in [1.54, 1.807) is 0 Å². The van der Waals surface area contributed by atoms with Crippen LogP contribution >= 0.6 is 22.9 Å². The first-order chi connectivity index (χ1) is 7.72. The number of nitrogens with zero attached hydrogens (tertiary/aromatic N) is 2. The van der Waals surface area contributed by atoms with Crippen molar-refractivity contribution >= 4 is 28.1 Å². The molecule has 0 saturated carbocycles. The third-order valence-electron chi connectivity index (χ3n) is 2.14. The van der Waals surface area contributed by atoms with Crippen LogP contribution in [0, 0.1) is 0 Å². The first-order valence-corrected chi connectivity index (χ1v) is 6.51. The number of anilines is 1. The van der Waals surface area contributed by atoms with E-state index < -0.39 is 0 Å². The molecule has 0 aromatic carbocycles. The molecule has 0 bridgehead atoms. The van der Waals surface area contributed by atoms with Crippen LogP contribution in [0.15, 0.2) is 0 Å². The van der Waals surface area contributed by atoms with Crippen molar-refractivity contribution in [1.82, 2.24) is 4.98 Å². The number of hydrogen-bond acceptors (Lipinski definition) is 5. The molecule has 0 fully saturated rings. The van der Waals surface area contributed by atoms with Crippen molar-refractivity contribution in [3.63, 3.8) is 0 Å². The molecule has 92 valence electrons. The van der Waals surface area contributed by atoms with Crippen LogP contribution < -0.4 is 4.90 Å². The van der Waals surface area contributed by atoms with Crippen LogP contribution in [0.1, 0.15) is 18.7 Å². The molecule has 0 aliphatic rings. The Bertz CT molecular complexity index is 320. The molecule has 1 N–H and O–H groups in total. The van der Waals surface area contributed by atoms with Crippen molar-refractivity contribution < 1.29 is 9.84 Å². The van der Waals surface area contributed by atoms with Crippen LogP contribution in [-0.4, -0.2) is 36.4 Å². The summed E-state index contributed by atoms with van der Waals surface area (Å²) in [5, 5.41) is 10.3. The smallest absolute Gasteiger partial charge is 0.187 e. The first kappa shape index (κ1) is 13.7. The molecule has 16 heavy (non-hydrogen) atoms. The lowest BCUT2D eigenvalue weighted by molar-refractivity contribution is 0.154. The van der Waals surface area contributed by atoms with Crippen LogP contribution in [0.25, 0.3) is 0 Å². The molecular weight excluding hydrogens is 248 g/mol. The number of aliphatic hydroxyl groups excluding tert-OH is 1. The van der Waals surface area contributed by atoms with Crippen molar-refractivity contribution in [1.29, 1.82) is 0 Å². The summed E-state index contributed by atoms with van der Waals surface area (Å²) < 4.78 is 5.30. The zero-order valence-electron chi connectivity index (χ0n) is 9.57. The second kappa shape index (κ2) is 7.06. The Morgan fingerprint density at radius 2 is 2.25 bits per heavy atom. The first-order valence-electron chi connectivity index (χ1n) is 5.31. The molecule has 1 rings (SSSR count). The van der Waals surface area contributed by atoms with Crippen molar-refractivity contribution in [2.45, 2.75) is 20.5 Å². The lowest BCUT2D eigenvalue weighted by Crippen LogP contribution is -2.26. The Labute approximate surface area is 105 Å². The number of hydrogen-bond donors (Lipinski definition) is 1. The van der Waals surface area contributed by atoms with Crippen LogP contribution in [0.3, 0.4) is 0 Å². The molecule has 0 amide bonds. The van der Waals surface area contributed by atoms with E-state index in [2.05, 4.69) is 16.8 Å². The summed E-state index contributed by atoms with van der Waals surface area (Å²) in [6.07, 6.45) is 0. The van der Waals surface area contributed by atoms with Gasteiger partial charge in [-0.1, -0.05) is 22.9 Å². The number of aromatic nitrogens is 1. The van der Waals surface area contributed by atoms with Crippen molar-refractivity contribution in [2.24, 2.45) is 0 Å². The molecule has 0 aliphatic carbocycles. The molecule has 0 unspecified atom stereocenters. The van der Waals surface area contributed by atoms with Gasteiger partial charge in [0.05, 0.1) is 18.1 Å². The highest BCUT2D eigenvalue weighted by Gasteiger charge is 2.13. The highest BCUT2D eigenvalue weighted by Crippen LogP contribution is 2.29. The van der Waals surface area contributed by atoms with Gasteiger partial charge in [0, 0.05) is 19.7 Å². The lowest BCUT2D eigenvalue weighted by Gasteiger charge is -2.19. The Morgan fingerprint density at radius 3 is 2.75 bits per heavy atom. The molecule has 1 aromatic heterocycles. The van der Waals surface area contributed by atoms with E-state index in [9.17, 15) is 0 Å². The number of thiazole rings is 1. The van der Waals surface area contributed by atoms with Crippen LogP contribution in [0.2, 0.25) is 5.15 Å². The summed E-state index contributed by atoms with van der Waals surface area (Å²) in [6.45, 7) is 7.01. The third kappa shape index (κ3) is 3.59. The van der Waals surface area contributed by atoms with Crippen molar-refractivity contribution in [3.8, 4) is 0 Å². The summed E-state index contributed by atoms with van der Waals surface area (Å²) in [6, 6.07) is 0. The lowest BCUT2D eigenvalue weighted by atomic mass is 10.5.